The Morgan fingerprint density at radius 1 is 1.53 bits per heavy atom. The van der Waals surface area contributed by atoms with E-state index in [2.05, 4.69) is 9.59 Å². The van der Waals surface area contributed by atoms with E-state index in [4.69, 9.17) is 4.42 Å². The fraction of sp³-hybridized carbons (Fsp3) is 0.300. The van der Waals surface area contributed by atoms with E-state index in [0.717, 1.165) is 17.2 Å². The number of hydrogen-bond donors (Lipinski definition) is 0. The van der Waals surface area contributed by atoms with Crippen LogP contribution in [0.15, 0.2) is 22.8 Å². The van der Waals surface area contributed by atoms with Gasteiger partial charge in [-0.1, -0.05) is 18.3 Å². The largest absolute Gasteiger partial charge is 0.461 e. The third-order valence-corrected chi connectivity index (χ3v) is 2.75. The summed E-state index contributed by atoms with van der Waals surface area (Å²) in [6, 6.07) is 3.34. The third-order valence-electron chi connectivity index (χ3n) is 2.01. The first-order valence-electron chi connectivity index (χ1n) is 4.60. The van der Waals surface area contributed by atoms with E-state index in [1.807, 2.05) is 13.8 Å². The van der Waals surface area contributed by atoms with Gasteiger partial charge in [0.25, 0.3) is 0 Å². The summed E-state index contributed by atoms with van der Waals surface area (Å²) in [4.78, 5) is 12.5. The van der Waals surface area contributed by atoms with E-state index >= 15 is 0 Å². The number of nitrogens with zero attached hydrogens (tertiary/aromatic N) is 2. The highest BCUT2D eigenvalue weighted by atomic mass is 32.1. The molecule has 0 bridgehead atoms. The Morgan fingerprint density at radius 3 is 2.93 bits per heavy atom. The molecule has 0 aliphatic rings. The van der Waals surface area contributed by atoms with Crippen molar-refractivity contribution >= 4 is 17.3 Å². The topological polar surface area (TPSA) is 56.0 Å². The van der Waals surface area contributed by atoms with Crippen LogP contribution in [0.2, 0.25) is 0 Å². The van der Waals surface area contributed by atoms with Crippen LogP contribution in [0.1, 0.15) is 40.9 Å². The number of ketones is 1. The van der Waals surface area contributed by atoms with Crippen LogP contribution in [-0.2, 0) is 0 Å². The molecule has 0 saturated heterocycles. The summed E-state index contributed by atoms with van der Waals surface area (Å²) in [5.74, 6) is 0.388. The van der Waals surface area contributed by atoms with E-state index in [0.29, 0.717) is 10.6 Å². The van der Waals surface area contributed by atoms with Crippen LogP contribution in [0.25, 0.3) is 0 Å². The lowest BCUT2D eigenvalue weighted by atomic mass is 10.1. The number of hydrogen-bond acceptors (Lipinski definition) is 5. The highest BCUT2D eigenvalue weighted by Crippen LogP contribution is 2.22. The number of furan rings is 1. The smallest absolute Gasteiger partial charge is 0.241 e. The molecule has 0 aliphatic carbocycles. The minimum Gasteiger partial charge on any atom is -0.461 e. The summed E-state index contributed by atoms with van der Waals surface area (Å²) in [6.45, 7) is 3.96. The van der Waals surface area contributed by atoms with E-state index in [-0.39, 0.29) is 11.7 Å². The fourth-order valence-electron chi connectivity index (χ4n) is 1.25. The first-order valence-corrected chi connectivity index (χ1v) is 5.38. The maximum absolute atomic E-state index is 11.9. The molecule has 15 heavy (non-hydrogen) atoms. The van der Waals surface area contributed by atoms with Crippen molar-refractivity contribution in [2.24, 2.45) is 0 Å². The van der Waals surface area contributed by atoms with Gasteiger partial charge >= 0.3 is 0 Å². The molecule has 0 aromatic carbocycles. The maximum atomic E-state index is 11.9. The van der Waals surface area contributed by atoms with Gasteiger partial charge in [-0.3, -0.25) is 4.79 Å². The molecule has 0 saturated carbocycles. The summed E-state index contributed by atoms with van der Waals surface area (Å²) in [5.41, 5.74) is 0.737. The lowest BCUT2D eigenvalue weighted by Crippen LogP contribution is -2.02. The van der Waals surface area contributed by atoms with Gasteiger partial charge in [0.2, 0.25) is 5.78 Å². The van der Waals surface area contributed by atoms with Crippen LogP contribution < -0.4 is 0 Å². The van der Waals surface area contributed by atoms with Crippen molar-refractivity contribution in [1.29, 1.82) is 0 Å². The summed E-state index contributed by atoms with van der Waals surface area (Å²) in [5, 5.41) is 3.95. The summed E-state index contributed by atoms with van der Waals surface area (Å²) >= 11 is 1.11. The van der Waals surface area contributed by atoms with Crippen molar-refractivity contribution in [2.45, 2.75) is 19.8 Å². The van der Waals surface area contributed by atoms with Gasteiger partial charge in [-0.05, 0) is 29.6 Å². The van der Waals surface area contributed by atoms with Gasteiger partial charge in [0.15, 0.2) is 5.76 Å². The fourth-order valence-corrected chi connectivity index (χ4v) is 2.02. The molecule has 5 heteroatoms. The van der Waals surface area contributed by atoms with E-state index < -0.39 is 0 Å². The lowest BCUT2D eigenvalue weighted by molar-refractivity contribution is 0.101. The molecule has 0 aliphatic heterocycles. The quantitative estimate of drug-likeness (QED) is 0.748. The van der Waals surface area contributed by atoms with Crippen molar-refractivity contribution in [3.05, 3.63) is 34.7 Å². The van der Waals surface area contributed by atoms with E-state index in [9.17, 15) is 4.79 Å². The van der Waals surface area contributed by atoms with Gasteiger partial charge in [-0.2, -0.15) is 0 Å². The predicted molar refractivity (Wildman–Crippen MR) is 56.1 cm³/mol. The minimum absolute atomic E-state index is 0.140. The molecule has 2 rings (SSSR count). The highest BCUT2D eigenvalue weighted by molar-refractivity contribution is 7.08. The summed E-state index contributed by atoms with van der Waals surface area (Å²) in [7, 11) is 0. The van der Waals surface area contributed by atoms with Gasteiger partial charge in [-0.15, -0.1) is 5.10 Å². The molecule has 0 atom stereocenters. The van der Waals surface area contributed by atoms with Crippen molar-refractivity contribution in [3.8, 4) is 0 Å². The van der Waals surface area contributed by atoms with Crippen LogP contribution in [0.5, 0.6) is 0 Å². The zero-order valence-electron chi connectivity index (χ0n) is 8.43. The number of carbonyl (C=O) groups excluding carboxylic acids is 1. The average Bonchev–Trinajstić information content (AvgIpc) is 2.88. The van der Waals surface area contributed by atoms with Gasteiger partial charge in [0.05, 0.1) is 12.0 Å². The minimum atomic E-state index is -0.140. The second-order valence-electron chi connectivity index (χ2n) is 3.45. The van der Waals surface area contributed by atoms with Crippen molar-refractivity contribution in [1.82, 2.24) is 9.59 Å². The molecular formula is C10H10N2O2S. The monoisotopic (exact) mass is 222 g/mol. The normalized spacial score (nSPS) is 10.9. The standard InChI is InChI=1S/C10H10N2O2S/c1-6(2)8-10(15-12-11-8)9(13)7-4-3-5-14-7/h3-6H,1-2H3. The van der Waals surface area contributed by atoms with E-state index in [1.54, 1.807) is 12.1 Å². The molecule has 78 valence electrons. The zero-order valence-corrected chi connectivity index (χ0v) is 9.25. The van der Waals surface area contributed by atoms with Crippen molar-refractivity contribution < 1.29 is 9.21 Å². The Morgan fingerprint density at radius 2 is 2.33 bits per heavy atom. The Kier molecular flexibility index (Phi) is 2.64. The number of rotatable bonds is 3. The molecule has 2 heterocycles. The number of carbonyl (C=O) groups is 1. The molecule has 0 spiro atoms. The summed E-state index contributed by atoms with van der Waals surface area (Å²) < 4.78 is 8.86. The maximum Gasteiger partial charge on any atom is 0.241 e. The van der Waals surface area contributed by atoms with Crippen LogP contribution in [-0.4, -0.2) is 15.4 Å². The number of aromatic nitrogens is 2. The molecular weight excluding hydrogens is 212 g/mol. The van der Waals surface area contributed by atoms with Crippen molar-refractivity contribution in [3.63, 3.8) is 0 Å². The lowest BCUT2D eigenvalue weighted by Gasteiger charge is -2.00. The van der Waals surface area contributed by atoms with Crippen LogP contribution in [0, 0.1) is 0 Å². The Labute approximate surface area is 91.1 Å². The van der Waals surface area contributed by atoms with Crippen molar-refractivity contribution in [2.75, 3.05) is 0 Å². The Hall–Kier alpha value is -1.49. The molecule has 0 radical (unpaired) electrons. The van der Waals surface area contributed by atoms with Crippen LogP contribution in [0.4, 0.5) is 0 Å². The SMILES string of the molecule is CC(C)c1nnsc1C(=O)c1ccco1. The Balaban J connectivity index is 2.38. The second-order valence-corrected chi connectivity index (χ2v) is 4.20. The molecule has 4 nitrogen and oxygen atoms in total. The van der Waals surface area contributed by atoms with Gasteiger partial charge in [-0.25, -0.2) is 0 Å². The summed E-state index contributed by atoms with van der Waals surface area (Å²) in [6.07, 6.45) is 1.48. The molecule has 2 aromatic heterocycles. The molecule has 0 N–H and O–H groups in total. The zero-order chi connectivity index (χ0) is 10.8. The molecule has 0 fully saturated rings. The molecule has 2 aromatic rings. The molecule has 0 amide bonds. The predicted octanol–water partition coefficient (Wildman–Crippen LogP) is 2.49. The van der Waals surface area contributed by atoms with E-state index in [1.165, 1.54) is 6.26 Å². The van der Waals surface area contributed by atoms with Gasteiger partial charge in [0.1, 0.15) is 4.88 Å². The van der Waals surface area contributed by atoms with Crippen LogP contribution in [0.3, 0.4) is 0 Å². The van der Waals surface area contributed by atoms with Gasteiger partial charge in [0, 0.05) is 0 Å². The Bertz CT molecular complexity index is 459. The third kappa shape index (κ3) is 1.83. The second kappa shape index (κ2) is 3.94. The average molecular weight is 222 g/mol. The van der Waals surface area contributed by atoms with Crippen LogP contribution >= 0.6 is 11.5 Å². The first kappa shape index (κ1) is 10.0. The first-order chi connectivity index (χ1) is 7.20. The molecule has 0 unspecified atom stereocenters. The highest BCUT2D eigenvalue weighted by Gasteiger charge is 2.21. The van der Waals surface area contributed by atoms with Gasteiger partial charge < -0.3 is 4.42 Å².